The molecule has 3 rings (SSSR count). The Labute approximate surface area is 131 Å². The summed E-state index contributed by atoms with van der Waals surface area (Å²) in [5.74, 6) is 1.15. The van der Waals surface area contributed by atoms with Crippen LogP contribution in [0.3, 0.4) is 0 Å². The molecule has 0 spiro atoms. The van der Waals surface area contributed by atoms with Crippen LogP contribution in [0.5, 0.6) is 11.5 Å². The van der Waals surface area contributed by atoms with Gasteiger partial charge in [0.25, 0.3) is 0 Å². The molecule has 0 aliphatic carbocycles. The van der Waals surface area contributed by atoms with Crippen LogP contribution in [-0.2, 0) is 6.42 Å². The molecule has 0 saturated carbocycles. The molecule has 1 heterocycles. The Hall–Kier alpha value is -1.75. The number of hydrogen-bond acceptors (Lipinski definition) is 3. The topological polar surface area (TPSA) is 44.5 Å². The van der Waals surface area contributed by atoms with Crippen molar-refractivity contribution in [1.29, 1.82) is 0 Å². The van der Waals surface area contributed by atoms with Crippen LogP contribution in [0.4, 0.5) is 10.1 Å². The zero-order valence-electron chi connectivity index (χ0n) is 11.5. The molecule has 0 amide bonds. The maximum atomic E-state index is 13.2. The van der Waals surface area contributed by atoms with Crippen molar-refractivity contribution in [2.24, 2.45) is 0 Å². The van der Waals surface area contributed by atoms with Gasteiger partial charge in [-0.2, -0.15) is 0 Å². The Kier molecular flexibility index (Phi) is 3.76. The van der Waals surface area contributed by atoms with Gasteiger partial charge in [-0.1, -0.05) is 15.9 Å². The Balaban J connectivity index is 1.68. The lowest BCUT2D eigenvalue weighted by atomic mass is 10.1. The van der Waals surface area contributed by atoms with Crippen LogP contribution in [-0.4, -0.2) is 12.7 Å². The number of fused-ring (bicyclic) bond motifs is 1. The van der Waals surface area contributed by atoms with Gasteiger partial charge in [-0.3, -0.25) is 0 Å². The van der Waals surface area contributed by atoms with E-state index in [-0.39, 0.29) is 11.9 Å². The predicted molar refractivity (Wildman–Crippen MR) is 83.3 cm³/mol. The molecule has 110 valence electrons. The van der Waals surface area contributed by atoms with Crippen molar-refractivity contribution in [3.8, 4) is 11.5 Å². The lowest BCUT2D eigenvalue weighted by molar-refractivity contribution is 0.148. The van der Waals surface area contributed by atoms with Crippen LogP contribution in [0, 0.1) is 12.7 Å². The number of nitrogens with two attached hydrogens (primary N) is 1. The normalized spacial score (nSPS) is 16.4. The summed E-state index contributed by atoms with van der Waals surface area (Å²) in [5.41, 5.74) is 8.39. The van der Waals surface area contributed by atoms with Gasteiger partial charge < -0.3 is 15.2 Å². The highest BCUT2D eigenvalue weighted by Gasteiger charge is 2.24. The van der Waals surface area contributed by atoms with E-state index in [1.54, 1.807) is 6.07 Å². The number of ether oxygens (including phenoxy) is 2. The molecule has 0 fully saturated rings. The lowest BCUT2D eigenvalue weighted by Gasteiger charge is -2.16. The van der Waals surface area contributed by atoms with Crippen molar-refractivity contribution in [3.63, 3.8) is 0 Å². The first-order valence-corrected chi connectivity index (χ1v) is 7.46. The summed E-state index contributed by atoms with van der Waals surface area (Å²) >= 11 is 3.39. The van der Waals surface area contributed by atoms with Gasteiger partial charge in [0.05, 0.1) is 5.69 Å². The van der Waals surface area contributed by atoms with Crippen molar-refractivity contribution in [2.45, 2.75) is 19.4 Å². The molecular formula is C16H15BrFNO2. The van der Waals surface area contributed by atoms with Gasteiger partial charge in [0.1, 0.15) is 30.0 Å². The average Bonchev–Trinajstić information content (AvgIpc) is 2.79. The molecule has 2 aromatic rings. The highest BCUT2D eigenvalue weighted by molar-refractivity contribution is 9.10. The lowest BCUT2D eigenvalue weighted by Crippen LogP contribution is -2.22. The van der Waals surface area contributed by atoms with Gasteiger partial charge in [0.2, 0.25) is 0 Å². The first-order chi connectivity index (χ1) is 10.0. The average molecular weight is 352 g/mol. The fourth-order valence-electron chi connectivity index (χ4n) is 2.51. The van der Waals surface area contributed by atoms with Gasteiger partial charge >= 0.3 is 0 Å². The summed E-state index contributed by atoms with van der Waals surface area (Å²) in [6.07, 6.45) is 0.520. The third kappa shape index (κ3) is 2.97. The monoisotopic (exact) mass is 351 g/mol. The second-order valence-electron chi connectivity index (χ2n) is 5.15. The predicted octanol–water partition coefficient (Wildman–Crippen LogP) is 3.86. The Morgan fingerprint density at radius 2 is 2.19 bits per heavy atom. The fraction of sp³-hybridized carbons (Fsp3) is 0.250. The van der Waals surface area contributed by atoms with E-state index in [1.807, 2.05) is 19.1 Å². The maximum absolute atomic E-state index is 13.2. The third-order valence-corrected chi connectivity index (χ3v) is 3.90. The van der Waals surface area contributed by atoms with Crippen LogP contribution in [0.15, 0.2) is 34.8 Å². The summed E-state index contributed by atoms with van der Waals surface area (Å²) in [6.45, 7) is 2.32. The van der Waals surface area contributed by atoms with Crippen LogP contribution >= 0.6 is 15.9 Å². The SMILES string of the molecule is Cc1cc(Br)cc(N)c1OCC1Cc2cc(F)ccc2O1. The molecule has 1 atom stereocenters. The maximum Gasteiger partial charge on any atom is 0.145 e. The van der Waals surface area contributed by atoms with Gasteiger partial charge in [-0.05, 0) is 42.8 Å². The van der Waals surface area contributed by atoms with E-state index in [0.717, 1.165) is 21.3 Å². The van der Waals surface area contributed by atoms with E-state index < -0.39 is 0 Å². The number of anilines is 1. The van der Waals surface area contributed by atoms with Crippen molar-refractivity contribution in [2.75, 3.05) is 12.3 Å². The Morgan fingerprint density at radius 3 is 2.95 bits per heavy atom. The van der Waals surface area contributed by atoms with E-state index in [9.17, 15) is 4.39 Å². The van der Waals surface area contributed by atoms with E-state index in [2.05, 4.69) is 15.9 Å². The largest absolute Gasteiger partial charge is 0.487 e. The molecule has 0 bridgehead atoms. The number of hydrogen-bond donors (Lipinski definition) is 1. The van der Waals surface area contributed by atoms with Gasteiger partial charge in [-0.25, -0.2) is 4.39 Å². The molecule has 0 aromatic heterocycles. The van der Waals surface area contributed by atoms with Gasteiger partial charge in [-0.15, -0.1) is 0 Å². The van der Waals surface area contributed by atoms with Crippen molar-refractivity contribution < 1.29 is 13.9 Å². The third-order valence-electron chi connectivity index (χ3n) is 3.45. The quantitative estimate of drug-likeness (QED) is 0.854. The molecule has 5 heteroatoms. The Morgan fingerprint density at radius 1 is 1.38 bits per heavy atom. The zero-order chi connectivity index (χ0) is 15.0. The number of halogens is 2. The molecular weight excluding hydrogens is 337 g/mol. The minimum atomic E-state index is -0.244. The van der Waals surface area contributed by atoms with Crippen molar-refractivity contribution in [3.05, 3.63) is 51.7 Å². The molecule has 0 saturated heterocycles. The first-order valence-electron chi connectivity index (χ1n) is 6.66. The Bertz CT molecular complexity index is 667. The number of aryl methyl sites for hydroxylation is 1. The summed E-state index contributed by atoms with van der Waals surface area (Å²) in [5, 5.41) is 0. The van der Waals surface area contributed by atoms with Crippen LogP contribution in [0.1, 0.15) is 11.1 Å². The van der Waals surface area contributed by atoms with Gasteiger partial charge in [0, 0.05) is 16.5 Å². The fourth-order valence-corrected chi connectivity index (χ4v) is 3.10. The molecule has 3 nitrogen and oxygen atoms in total. The highest BCUT2D eigenvalue weighted by atomic mass is 79.9. The number of rotatable bonds is 3. The minimum absolute atomic E-state index is 0.121. The molecule has 0 radical (unpaired) electrons. The van der Waals surface area contributed by atoms with Gasteiger partial charge in [0.15, 0.2) is 0 Å². The summed E-state index contributed by atoms with van der Waals surface area (Å²) in [4.78, 5) is 0. The first kappa shape index (κ1) is 14.2. The molecule has 2 N–H and O–H groups in total. The standard InChI is InChI=1S/C16H15BrFNO2/c1-9-4-11(17)7-14(19)16(9)20-8-13-6-10-5-12(18)2-3-15(10)21-13/h2-5,7,13H,6,8,19H2,1H3. The number of benzene rings is 2. The van der Waals surface area contributed by atoms with E-state index in [4.69, 9.17) is 15.2 Å². The smallest absolute Gasteiger partial charge is 0.145 e. The van der Waals surface area contributed by atoms with E-state index in [0.29, 0.717) is 24.5 Å². The molecule has 1 aliphatic heterocycles. The summed E-state index contributed by atoms with van der Waals surface area (Å²) in [7, 11) is 0. The van der Waals surface area contributed by atoms with E-state index >= 15 is 0 Å². The van der Waals surface area contributed by atoms with Crippen molar-refractivity contribution >= 4 is 21.6 Å². The molecule has 21 heavy (non-hydrogen) atoms. The van der Waals surface area contributed by atoms with Crippen LogP contribution < -0.4 is 15.2 Å². The highest BCUT2D eigenvalue weighted by Crippen LogP contribution is 2.32. The second kappa shape index (κ2) is 5.56. The van der Waals surface area contributed by atoms with Crippen molar-refractivity contribution in [1.82, 2.24) is 0 Å². The van der Waals surface area contributed by atoms with E-state index in [1.165, 1.54) is 12.1 Å². The molecule has 1 aliphatic rings. The molecule has 1 unspecified atom stereocenters. The summed E-state index contributed by atoms with van der Waals surface area (Å²) < 4.78 is 25.6. The minimum Gasteiger partial charge on any atom is -0.487 e. The van der Waals surface area contributed by atoms with Crippen LogP contribution in [0.25, 0.3) is 0 Å². The summed E-state index contributed by atoms with van der Waals surface area (Å²) in [6, 6.07) is 8.32. The second-order valence-corrected chi connectivity index (χ2v) is 6.06. The molecule has 2 aromatic carbocycles. The number of nitrogen functional groups attached to an aromatic ring is 1. The zero-order valence-corrected chi connectivity index (χ0v) is 13.1. The van der Waals surface area contributed by atoms with Crippen LogP contribution in [0.2, 0.25) is 0 Å².